The van der Waals surface area contributed by atoms with Crippen molar-refractivity contribution >= 4 is 56.7 Å². The van der Waals surface area contributed by atoms with E-state index in [0.717, 1.165) is 16.2 Å². The monoisotopic (exact) mass is 498 g/mol. The van der Waals surface area contributed by atoms with Crippen LogP contribution in [0.5, 0.6) is 0 Å². The highest BCUT2D eigenvalue weighted by atomic mass is 35.5. The number of thiophene rings is 1. The van der Waals surface area contributed by atoms with Crippen molar-refractivity contribution in [3.05, 3.63) is 92.8 Å². The van der Waals surface area contributed by atoms with Gasteiger partial charge in [0.05, 0.1) is 11.7 Å². The Kier molecular flexibility index (Phi) is 7.43. The van der Waals surface area contributed by atoms with Gasteiger partial charge in [-0.3, -0.25) is 29.8 Å². The second-order valence-corrected chi connectivity index (χ2v) is 9.45. The molecule has 2 aromatic heterocycles. The molecule has 0 unspecified atom stereocenters. The number of hydrogen-bond acceptors (Lipinski definition) is 6. The van der Waals surface area contributed by atoms with Crippen molar-refractivity contribution in [3.8, 4) is 0 Å². The van der Waals surface area contributed by atoms with E-state index in [0.29, 0.717) is 20.8 Å². The van der Waals surface area contributed by atoms with Crippen LogP contribution in [0.1, 0.15) is 22.3 Å². The van der Waals surface area contributed by atoms with E-state index in [1.54, 1.807) is 35.3 Å². The van der Waals surface area contributed by atoms with Gasteiger partial charge in [0.25, 0.3) is 11.5 Å². The molecule has 10 heteroatoms. The Morgan fingerprint density at radius 3 is 2.55 bits per heavy atom. The second kappa shape index (κ2) is 10.7. The number of aryl methyl sites for hydroxylation is 1. The zero-order valence-electron chi connectivity index (χ0n) is 17.3. The smallest absolute Gasteiger partial charge is 0.269 e. The highest BCUT2D eigenvalue weighted by Gasteiger charge is 2.10. The van der Waals surface area contributed by atoms with Crippen molar-refractivity contribution in [1.82, 2.24) is 20.4 Å². The second-order valence-electron chi connectivity index (χ2n) is 7.07. The lowest BCUT2D eigenvalue weighted by atomic mass is 10.1. The third-order valence-corrected chi connectivity index (χ3v) is 6.94. The van der Waals surface area contributed by atoms with Gasteiger partial charge < -0.3 is 0 Å². The summed E-state index contributed by atoms with van der Waals surface area (Å²) in [6.07, 6.45) is 1.46. The molecule has 0 saturated heterocycles. The van der Waals surface area contributed by atoms with Crippen molar-refractivity contribution in [1.29, 1.82) is 0 Å². The summed E-state index contributed by atoms with van der Waals surface area (Å²) >= 11 is 8.96. The summed E-state index contributed by atoms with van der Waals surface area (Å²) in [5.74, 6) is -0.0681. The summed E-state index contributed by atoms with van der Waals surface area (Å²) in [4.78, 5) is 42.7. The van der Waals surface area contributed by atoms with Gasteiger partial charge in [-0.25, -0.2) is 4.98 Å². The third kappa shape index (κ3) is 6.01. The van der Waals surface area contributed by atoms with Crippen LogP contribution in [0.3, 0.4) is 0 Å². The molecule has 0 aliphatic heterocycles. The molecule has 33 heavy (non-hydrogen) atoms. The van der Waals surface area contributed by atoms with Crippen molar-refractivity contribution in [2.24, 2.45) is 0 Å². The van der Waals surface area contributed by atoms with Gasteiger partial charge in [0.2, 0.25) is 5.91 Å². The Bertz CT molecular complexity index is 1330. The summed E-state index contributed by atoms with van der Waals surface area (Å²) in [7, 11) is 0. The number of amides is 2. The lowest BCUT2D eigenvalue weighted by molar-refractivity contribution is -0.122. The maximum atomic E-state index is 12.3. The fourth-order valence-corrected chi connectivity index (χ4v) is 4.69. The van der Waals surface area contributed by atoms with Crippen LogP contribution in [-0.4, -0.2) is 21.4 Å². The highest BCUT2D eigenvalue weighted by molar-refractivity contribution is 7.98. The van der Waals surface area contributed by atoms with Crippen LogP contribution in [0.15, 0.2) is 76.0 Å². The Morgan fingerprint density at radius 1 is 1.03 bits per heavy atom. The molecule has 0 atom stereocenters. The zero-order valence-corrected chi connectivity index (χ0v) is 19.7. The van der Waals surface area contributed by atoms with E-state index >= 15 is 0 Å². The summed E-state index contributed by atoms with van der Waals surface area (Å²) in [5, 5.41) is 3.04. The molecular formula is C23H19ClN4O3S2. The number of nitrogens with zero attached hydrogens (tertiary/aromatic N) is 2. The van der Waals surface area contributed by atoms with Gasteiger partial charge in [0, 0.05) is 34.2 Å². The van der Waals surface area contributed by atoms with Crippen LogP contribution in [0.2, 0.25) is 5.02 Å². The number of hydrazine groups is 1. The van der Waals surface area contributed by atoms with Crippen LogP contribution >= 0.6 is 34.7 Å². The number of rotatable bonds is 7. The predicted molar refractivity (Wildman–Crippen MR) is 132 cm³/mol. The number of thioether (sulfide) groups is 1. The standard InChI is InChI=1S/C23H19ClN4O3S2/c24-17-5-7-18(8-6-17)33-13-15-1-3-16(4-2-15)21(30)27-26-20(29)9-11-28-14-25-22-19(23(28)31)10-12-32-22/h1-8,10,12,14H,9,11,13H2,(H,26,29)(H,27,30). The van der Waals surface area contributed by atoms with Crippen molar-refractivity contribution < 1.29 is 9.59 Å². The molecule has 2 aromatic carbocycles. The summed E-state index contributed by atoms with van der Waals surface area (Å²) in [6, 6.07) is 16.5. The van der Waals surface area contributed by atoms with Crippen molar-refractivity contribution in [2.75, 3.05) is 0 Å². The fourth-order valence-electron chi connectivity index (χ4n) is 2.99. The molecule has 0 aliphatic rings. The van der Waals surface area contributed by atoms with Crippen LogP contribution in [0.4, 0.5) is 0 Å². The van der Waals surface area contributed by atoms with E-state index in [-0.39, 0.29) is 18.5 Å². The molecule has 2 N–H and O–H groups in total. The molecule has 2 amide bonds. The average molecular weight is 499 g/mol. The number of halogens is 1. The molecule has 0 saturated carbocycles. The normalized spacial score (nSPS) is 10.8. The first-order chi connectivity index (χ1) is 16.0. The topological polar surface area (TPSA) is 93.1 Å². The zero-order chi connectivity index (χ0) is 23.2. The lowest BCUT2D eigenvalue weighted by Crippen LogP contribution is -2.42. The number of fused-ring (bicyclic) bond motifs is 1. The lowest BCUT2D eigenvalue weighted by Gasteiger charge is -2.09. The first-order valence-electron chi connectivity index (χ1n) is 9.99. The maximum absolute atomic E-state index is 12.3. The summed E-state index contributed by atoms with van der Waals surface area (Å²) in [5.41, 5.74) is 6.09. The van der Waals surface area contributed by atoms with E-state index in [9.17, 15) is 14.4 Å². The molecule has 0 fully saturated rings. The molecule has 7 nitrogen and oxygen atoms in total. The molecule has 0 radical (unpaired) electrons. The van der Waals surface area contributed by atoms with E-state index < -0.39 is 11.8 Å². The number of nitrogens with one attached hydrogen (secondary N) is 2. The fraction of sp³-hybridized carbons (Fsp3) is 0.130. The van der Waals surface area contributed by atoms with Gasteiger partial charge in [0.1, 0.15) is 4.83 Å². The minimum Gasteiger partial charge on any atom is -0.298 e. The Balaban J connectivity index is 1.23. The van der Waals surface area contributed by atoms with Gasteiger partial charge in [-0.05, 0) is 53.4 Å². The maximum Gasteiger partial charge on any atom is 0.269 e. The number of benzene rings is 2. The number of carbonyl (C=O) groups is 2. The summed E-state index contributed by atoms with van der Waals surface area (Å²) in [6.45, 7) is 0.166. The van der Waals surface area contributed by atoms with Crippen LogP contribution in [0, 0.1) is 0 Å². The van der Waals surface area contributed by atoms with Gasteiger partial charge in [-0.1, -0.05) is 23.7 Å². The molecular weight excluding hydrogens is 480 g/mol. The quantitative estimate of drug-likeness (QED) is 0.293. The van der Waals surface area contributed by atoms with E-state index in [4.69, 9.17) is 11.6 Å². The van der Waals surface area contributed by atoms with Crippen LogP contribution in [0.25, 0.3) is 10.2 Å². The Labute approximate surface area is 202 Å². The van der Waals surface area contributed by atoms with E-state index in [2.05, 4.69) is 15.8 Å². The largest absolute Gasteiger partial charge is 0.298 e. The molecule has 4 rings (SSSR count). The summed E-state index contributed by atoms with van der Waals surface area (Å²) < 4.78 is 1.39. The van der Waals surface area contributed by atoms with Gasteiger partial charge >= 0.3 is 0 Å². The van der Waals surface area contributed by atoms with Crippen LogP contribution in [-0.2, 0) is 17.1 Å². The molecule has 0 bridgehead atoms. The SMILES string of the molecule is O=C(CCn1cnc2sccc2c1=O)NNC(=O)c1ccc(CSc2ccc(Cl)cc2)cc1. The van der Waals surface area contributed by atoms with Gasteiger partial charge in [0.15, 0.2) is 0 Å². The van der Waals surface area contributed by atoms with Crippen molar-refractivity contribution in [2.45, 2.75) is 23.6 Å². The molecule has 0 aliphatic carbocycles. The Hall–Kier alpha value is -3.14. The van der Waals surface area contributed by atoms with Crippen LogP contribution < -0.4 is 16.4 Å². The Morgan fingerprint density at radius 2 is 1.79 bits per heavy atom. The minimum absolute atomic E-state index is 0.0262. The molecule has 2 heterocycles. The molecule has 0 spiro atoms. The predicted octanol–water partition coefficient (Wildman–Crippen LogP) is 4.26. The first-order valence-corrected chi connectivity index (χ1v) is 12.2. The van der Waals surface area contributed by atoms with E-state index in [1.165, 1.54) is 22.2 Å². The highest BCUT2D eigenvalue weighted by Crippen LogP contribution is 2.24. The van der Waals surface area contributed by atoms with Crippen molar-refractivity contribution in [3.63, 3.8) is 0 Å². The number of hydrogen-bond donors (Lipinski definition) is 2. The van der Waals surface area contributed by atoms with E-state index in [1.807, 2.05) is 36.4 Å². The number of carbonyl (C=O) groups excluding carboxylic acids is 2. The molecule has 4 aromatic rings. The minimum atomic E-state index is -0.418. The van der Waals surface area contributed by atoms with Gasteiger partial charge in [-0.15, -0.1) is 23.1 Å². The molecule has 168 valence electrons. The van der Waals surface area contributed by atoms with Gasteiger partial charge in [-0.2, -0.15) is 0 Å². The third-order valence-electron chi connectivity index (χ3n) is 4.78. The first kappa shape index (κ1) is 23.0. The number of aromatic nitrogens is 2. The average Bonchev–Trinajstić information content (AvgIpc) is 3.32.